The summed E-state index contributed by atoms with van der Waals surface area (Å²) in [5.41, 5.74) is 2.19. The molecule has 1 aliphatic rings. The maximum absolute atomic E-state index is 10.4. The molecule has 2 aromatic rings. The minimum atomic E-state index is -1.68. The number of methoxy groups -OCH3 is 2. The monoisotopic (exact) mass is 469 g/mol. The molecular weight excluding hydrogens is 438 g/mol. The summed E-state index contributed by atoms with van der Waals surface area (Å²) >= 11 is 6.22. The van der Waals surface area contributed by atoms with Gasteiger partial charge in [0.25, 0.3) is 0 Å². The van der Waals surface area contributed by atoms with Gasteiger partial charge < -0.3 is 9.47 Å². The molecule has 0 aromatic heterocycles. The van der Waals surface area contributed by atoms with Crippen LogP contribution in [0.1, 0.15) is 43.2 Å². The van der Waals surface area contributed by atoms with Crippen LogP contribution in [0.2, 0.25) is 0 Å². The minimum absolute atomic E-state index is 0.162. The molecule has 0 saturated heterocycles. The van der Waals surface area contributed by atoms with Crippen molar-refractivity contribution in [2.75, 3.05) is 20.0 Å². The smallest absolute Gasteiger partial charge is 0.171 e. The van der Waals surface area contributed by atoms with Crippen molar-refractivity contribution in [2.45, 2.75) is 49.3 Å². The SMILES string of the molecule is COC1=CS(CCCCC(C)Cl)(c2ccc(C)cc2)C(C(C#N)c2ccccc2)=C1OC. The number of rotatable bonds is 10. The summed E-state index contributed by atoms with van der Waals surface area (Å²) in [5.74, 6) is 1.93. The first-order valence-corrected chi connectivity index (χ1v) is 13.3. The van der Waals surface area contributed by atoms with Gasteiger partial charge in [-0.15, -0.1) is 11.6 Å². The van der Waals surface area contributed by atoms with Crippen LogP contribution in [0.25, 0.3) is 0 Å². The Labute approximate surface area is 199 Å². The van der Waals surface area contributed by atoms with Gasteiger partial charge in [-0.05, 0) is 55.0 Å². The Morgan fingerprint density at radius 2 is 1.69 bits per heavy atom. The Hall–Kier alpha value is -2.35. The summed E-state index contributed by atoms with van der Waals surface area (Å²) < 4.78 is 11.7. The number of aryl methyl sites for hydroxylation is 1. The van der Waals surface area contributed by atoms with Crippen molar-refractivity contribution in [1.29, 1.82) is 5.26 Å². The van der Waals surface area contributed by atoms with Crippen molar-refractivity contribution >= 4 is 21.6 Å². The normalized spacial score (nSPS) is 21.8. The number of ether oxygens (including phenoxy) is 2. The molecule has 1 heterocycles. The molecule has 3 rings (SSSR count). The molecule has 0 N–H and O–H groups in total. The maximum Gasteiger partial charge on any atom is 0.171 e. The Bertz CT molecular complexity index is 1010. The van der Waals surface area contributed by atoms with E-state index in [2.05, 4.69) is 42.7 Å². The molecule has 0 fully saturated rings. The van der Waals surface area contributed by atoms with E-state index in [-0.39, 0.29) is 5.38 Å². The van der Waals surface area contributed by atoms with Crippen LogP contribution in [0.3, 0.4) is 0 Å². The van der Waals surface area contributed by atoms with Crippen molar-refractivity contribution in [1.82, 2.24) is 0 Å². The highest BCUT2D eigenvalue weighted by Crippen LogP contribution is 2.72. The number of benzene rings is 2. The molecule has 0 aliphatic carbocycles. The average molecular weight is 470 g/mol. The number of hydrogen-bond donors (Lipinski definition) is 0. The van der Waals surface area contributed by atoms with Crippen LogP contribution >= 0.6 is 21.6 Å². The first-order valence-electron chi connectivity index (χ1n) is 11.0. The number of hydrogen-bond acceptors (Lipinski definition) is 3. The Morgan fingerprint density at radius 1 is 1.00 bits per heavy atom. The first-order chi connectivity index (χ1) is 15.5. The molecule has 32 heavy (non-hydrogen) atoms. The van der Waals surface area contributed by atoms with E-state index >= 15 is 0 Å². The van der Waals surface area contributed by atoms with E-state index in [9.17, 15) is 5.26 Å². The van der Waals surface area contributed by atoms with E-state index in [1.165, 1.54) is 10.5 Å². The molecule has 5 heteroatoms. The van der Waals surface area contributed by atoms with Crippen LogP contribution in [0.4, 0.5) is 0 Å². The van der Waals surface area contributed by atoms with Crippen LogP contribution in [0, 0.1) is 18.3 Å². The van der Waals surface area contributed by atoms with Gasteiger partial charge in [0.15, 0.2) is 11.5 Å². The molecule has 0 saturated carbocycles. The number of nitriles is 1. The minimum Gasteiger partial charge on any atom is -0.492 e. The fraction of sp³-hybridized carbons (Fsp3) is 0.370. The lowest BCUT2D eigenvalue weighted by atomic mass is 9.99. The highest BCUT2D eigenvalue weighted by Gasteiger charge is 2.43. The highest BCUT2D eigenvalue weighted by atomic mass is 35.5. The predicted molar refractivity (Wildman–Crippen MR) is 135 cm³/mol. The van der Waals surface area contributed by atoms with Gasteiger partial charge in [-0.1, -0.05) is 54.4 Å². The van der Waals surface area contributed by atoms with E-state index in [4.69, 9.17) is 21.1 Å². The van der Waals surface area contributed by atoms with Gasteiger partial charge in [0.2, 0.25) is 0 Å². The quantitative estimate of drug-likeness (QED) is 0.265. The lowest BCUT2D eigenvalue weighted by Gasteiger charge is -2.39. The summed E-state index contributed by atoms with van der Waals surface area (Å²) in [6.07, 6.45) is 3.03. The molecule has 0 bridgehead atoms. The summed E-state index contributed by atoms with van der Waals surface area (Å²) in [4.78, 5) is 2.27. The van der Waals surface area contributed by atoms with Gasteiger partial charge in [-0.3, -0.25) is 0 Å². The third-order valence-electron chi connectivity index (χ3n) is 5.86. The van der Waals surface area contributed by atoms with Crippen molar-refractivity contribution in [2.24, 2.45) is 0 Å². The lowest BCUT2D eigenvalue weighted by Crippen LogP contribution is -2.13. The summed E-state index contributed by atoms with van der Waals surface area (Å²) in [6, 6.07) is 21.3. The molecular formula is C27H32ClNO2S. The lowest BCUT2D eigenvalue weighted by molar-refractivity contribution is 0.220. The number of alkyl halides is 1. The largest absolute Gasteiger partial charge is 0.492 e. The second kappa shape index (κ2) is 11.0. The Balaban J connectivity index is 2.19. The predicted octanol–water partition coefficient (Wildman–Crippen LogP) is 7.62. The Kier molecular flexibility index (Phi) is 8.34. The summed E-state index contributed by atoms with van der Waals surface area (Å²) in [7, 11) is 1.67. The van der Waals surface area contributed by atoms with E-state index in [1.807, 2.05) is 37.3 Å². The zero-order chi connectivity index (χ0) is 23.1. The Morgan fingerprint density at radius 3 is 2.25 bits per heavy atom. The van der Waals surface area contributed by atoms with E-state index in [0.717, 1.165) is 41.2 Å². The van der Waals surface area contributed by atoms with Crippen molar-refractivity contribution in [3.8, 4) is 6.07 Å². The molecule has 3 atom stereocenters. The first kappa shape index (κ1) is 24.3. The number of unbranched alkanes of at least 4 members (excludes halogenated alkanes) is 1. The maximum atomic E-state index is 10.4. The number of nitrogens with zero attached hydrogens (tertiary/aromatic N) is 1. The molecule has 0 amide bonds. The van der Waals surface area contributed by atoms with Crippen molar-refractivity contribution in [3.05, 3.63) is 87.6 Å². The van der Waals surface area contributed by atoms with Crippen LogP contribution in [-0.4, -0.2) is 25.3 Å². The standard InChI is InChI=1S/C27H32ClNO2S/c1-20-13-15-23(16-14-20)32(17-9-8-10-21(2)28)19-25(30-3)26(31-4)27(32)24(18-29)22-11-6-5-7-12-22/h5-7,11-16,19,21,24H,8-10,17H2,1-4H3. The third kappa shape index (κ3) is 5.00. The van der Waals surface area contributed by atoms with E-state index in [1.54, 1.807) is 14.2 Å². The molecule has 3 nitrogen and oxygen atoms in total. The zero-order valence-electron chi connectivity index (χ0n) is 19.3. The van der Waals surface area contributed by atoms with Crippen LogP contribution in [0.5, 0.6) is 0 Å². The zero-order valence-corrected chi connectivity index (χ0v) is 20.9. The van der Waals surface area contributed by atoms with Gasteiger partial charge in [-0.2, -0.15) is 15.3 Å². The van der Waals surface area contributed by atoms with E-state index in [0.29, 0.717) is 5.76 Å². The molecule has 1 aliphatic heterocycles. The number of halogens is 1. The second-order valence-corrected chi connectivity index (χ2v) is 12.0. The highest BCUT2D eigenvalue weighted by molar-refractivity contribution is 8.39. The van der Waals surface area contributed by atoms with Gasteiger partial charge in [-0.25, -0.2) is 0 Å². The topological polar surface area (TPSA) is 42.2 Å². The van der Waals surface area contributed by atoms with Gasteiger partial charge in [0, 0.05) is 15.7 Å². The second-order valence-electron chi connectivity index (χ2n) is 8.14. The number of allylic oxidation sites excluding steroid dienone is 1. The van der Waals surface area contributed by atoms with E-state index < -0.39 is 15.9 Å². The van der Waals surface area contributed by atoms with Crippen molar-refractivity contribution in [3.63, 3.8) is 0 Å². The summed E-state index contributed by atoms with van der Waals surface area (Å²) in [6.45, 7) is 4.14. The molecule has 0 radical (unpaired) electrons. The average Bonchev–Trinajstić information content (AvgIpc) is 3.13. The molecule has 0 spiro atoms. The van der Waals surface area contributed by atoms with Crippen LogP contribution < -0.4 is 0 Å². The van der Waals surface area contributed by atoms with Gasteiger partial charge in [0.1, 0.15) is 5.92 Å². The third-order valence-corrected chi connectivity index (χ3v) is 9.94. The fourth-order valence-corrected chi connectivity index (χ4v) is 8.44. The van der Waals surface area contributed by atoms with Gasteiger partial charge in [0.05, 0.1) is 20.3 Å². The molecule has 2 aromatic carbocycles. The summed E-state index contributed by atoms with van der Waals surface area (Å²) in [5, 5.41) is 12.8. The molecule has 3 unspecified atom stereocenters. The van der Waals surface area contributed by atoms with Crippen LogP contribution in [0.15, 0.2) is 81.3 Å². The van der Waals surface area contributed by atoms with Crippen molar-refractivity contribution < 1.29 is 9.47 Å². The fourth-order valence-electron chi connectivity index (χ4n) is 4.22. The van der Waals surface area contributed by atoms with Crippen LogP contribution in [-0.2, 0) is 9.47 Å². The molecule has 170 valence electrons. The van der Waals surface area contributed by atoms with Gasteiger partial charge >= 0.3 is 0 Å².